The summed E-state index contributed by atoms with van der Waals surface area (Å²) in [5.74, 6) is 0.826. The lowest BCUT2D eigenvalue weighted by atomic mass is 10.2. The van der Waals surface area contributed by atoms with Crippen molar-refractivity contribution < 1.29 is 9.47 Å². The molecule has 0 radical (unpaired) electrons. The molecule has 3 heterocycles. The summed E-state index contributed by atoms with van der Waals surface area (Å²) in [5.41, 5.74) is 2.72. The Morgan fingerprint density at radius 2 is 1.96 bits per heavy atom. The highest BCUT2D eigenvalue weighted by atomic mass is 35.5. The zero-order valence-corrected chi connectivity index (χ0v) is 14.7. The largest absolute Gasteiger partial charge is 0.369 e. The number of pyridine rings is 1. The fourth-order valence-electron chi connectivity index (χ4n) is 3.16. The fraction of sp³-hybridized carbons (Fsp3) is 0.368. The van der Waals surface area contributed by atoms with Crippen LogP contribution >= 0.6 is 11.6 Å². The summed E-state index contributed by atoms with van der Waals surface area (Å²) in [6.45, 7) is 1.71. The molecule has 1 atom stereocenters. The number of halogens is 1. The summed E-state index contributed by atoms with van der Waals surface area (Å²) in [6, 6.07) is 13.8. The molecule has 3 aromatic rings. The van der Waals surface area contributed by atoms with Crippen LogP contribution in [0.3, 0.4) is 0 Å². The van der Waals surface area contributed by atoms with Gasteiger partial charge in [0.05, 0.1) is 6.61 Å². The summed E-state index contributed by atoms with van der Waals surface area (Å²) in [7, 11) is 0. The van der Waals surface area contributed by atoms with Crippen LogP contribution in [0.5, 0.6) is 0 Å². The van der Waals surface area contributed by atoms with Crippen LogP contribution < -0.4 is 0 Å². The molecule has 1 aromatic carbocycles. The smallest absolute Gasteiger partial charge is 0.163 e. The third-order valence-corrected chi connectivity index (χ3v) is 4.57. The first kappa shape index (κ1) is 16.5. The third kappa shape index (κ3) is 3.68. The summed E-state index contributed by atoms with van der Waals surface area (Å²) in [5, 5.41) is 0.459. The second-order valence-electron chi connectivity index (χ2n) is 6.17. The van der Waals surface area contributed by atoms with E-state index >= 15 is 0 Å². The molecular weight excluding hydrogens is 338 g/mol. The summed E-state index contributed by atoms with van der Waals surface area (Å²) in [4.78, 5) is 9.17. The third-order valence-electron chi connectivity index (χ3n) is 4.36. The first-order valence-corrected chi connectivity index (χ1v) is 8.96. The molecule has 0 amide bonds. The number of ether oxygens (including phenoxy) is 2. The standard InChI is InChI=1S/C19H20ClN3O2/c20-16-10-9-15-19(22-16)23(18-8-4-5-11-25-18)17(21-15)13-24-12-14-6-2-1-3-7-14/h1-3,6-7,9-10,18H,4-5,8,11-13H2. The molecule has 25 heavy (non-hydrogen) atoms. The second kappa shape index (κ2) is 7.52. The lowest BCUT2D eigenvalue weighted by molar-refractivity contribution is -0.0346. The lowest BCUT2D eigenvalue weighted by Crippen LogP contribution is -2.20. The zero-order chi connectivity index (χ0) is 17.1. The van der Waals surface area contributed by atoms with Gasteiger partial charge in [-0.2, -0.15) is 0 Å². The highest BCUT2D eigenvalue weighted by Gasteiger charge is 2.23. The number of hydrogen-bond donors (Lipinski definition) is 0. The first-order valence-electron chi connectivity index (χ1n) is 8.58. The van der Waals surface area contributed by atoms with Gasteiger partial charge >= 0.3 is 0 Å². The van der Waals surface area contributed by atoms with Gasteiger partial charge in [0.25, 0.3) is 0 Å². The minimum atomic E-state index is -0.0555. The highest BCUT2D eigenvalue weighted by Crippen LogP contribution is 2.29. The molecular formula is C19H20ClN3O2. The maximum Gasteiger partial charge on any atom is 0.163 e. The zero-order valence-electron chi connectivity index (χ0n) is 13.9. The van der Waals surface area contributed by atoms with Gasteiger partial charge in [-0.05, 0) is 37.0 Å². The molecule has 5 nitrogen and oxygen atoms in total. The van der Waals surface area contributed by atoms with E-state index in [0.29, 0.717) is 18.4 Å². The van der Waals surface area contributed by atoms with E-state index in [9.17, 15) is 0 Å². The van der Waals surface area contributed by atoms with E-state index in [2.05, 4.69) is 17.1 Å². The lowest BCUT2D eigenvalue weighted by Gasteiger charge is -2.25. The van der Waals surface area contributed by atoms with E-state index < -0.39 is 0 Å². The van der Waals surface area contributed by atoms with Crippen molar-refractivity contribution in [1.82, 2.24) is 14.5 Å². The molecule has 4 rings (SSSR count). The van der Waals surface area contributed by atoms with Crippen LogP contribution in [0.4, 0.5) is 0 Å². The Bertz CT molecular complexity index is 845. The van der Waals surface area contributed by atoms with Crippen LogP contribution in [0.15, 0.2) is 42.5 Å². The topological polar surface area (TPSA) is 49.2 Å². The number of rotatable bonds is 5. The number of imidazole rings is 1. The Hall–Kier alpha value is -1.95. The second-order valence-corrected chi connectivity index (χ2v) is 6.56. The molecule has 0 spiro atoms. The van der Waals surface area contributed by atoms with Gasteiger partial charge in [-0.3, -0.25) is 4.57 Å². The van der Waals surface area contributed by atoms with Crippen molar-refractivity contribution in [1.29, 1.82) is 0 Å². The highest BCUT2D eigenvalue weighted by molar-refractivity contribution is 6.29. The Morgan fingerprint density at radius 3 is 2.76 bits per heavy atom. The van der Waals surface area contributed by atoms with Crippen molar-refractivity contribution in [2.45, 2.75) is 38.7 Å². The Kier molecular flexibility index (Phi) is 4.97. The Balaban J connectivity index is 1.60. The molecule has 0 N–H and O–H groups in total. The molecule has 1 unspecified atom stereocenters. The predicted octanol–water partition coefficient (Wildman–Crippen LogP) is 4.50. The fourth-order valence-corrected chi connectivity index (χ4v) is 3.31. The number of hydrogen-bond acceptors (Lipinski definition) is 4. The molecule has 1 fully saturated rings. The monoisotopic (exact) mass is 357 g/mol. The average molecular weight is 358 g/mol. The van der Waals surface area contributed by atoms with E-state index in [1.807, 2.05) is 28.8 Å². The van der Waals surface area contributed by atoms with Gasteiger partial charge in [-0.25, -0.2) is 9.97 Å². The summed E-state index contributed by atoms with van der Waals surface area (Å²) < 4.78 is 13.9. The molecule has 1 aliphatic heterocycles. The van der Waals surface area contributed by atoms with Gasteiger partial charge in [0.1, 0.15) is 29.3 Å². The van der Waals surface area contributed by atoms with Gasteiger partial charge in [-0.15, -0.1) is 0 Å². The van der Waals surface area contributed by atoms with Crippen molar-refractivity contribution >= 4 is 22.8 Å². The first-order chi connectivity index (χ1) is 12.3. The number of fused-ring (bicyclic) bond motifs is 1. The predicted molar refractivity (Wildman–Crippen MR) is 96.3 cm³/mol. The van der Waals surface area contributed by atoms with E-state index in [1.54, 1.807) is 6.07 Å². The maximum atomic E-state index is 6.10. The van der Waals surface area contributed by atoms with Crippen molar-refractivity contribution in [2.75, 3.05) is 6.61 Å². The van der Waals surface area contributed by atoms with Crippen molar-refractivity contribution in [2.24, 2.45) is 0 Å². The van der Waals surface area contributed by atoms with Crippen LogP contribution in [0.2, 0.25) is 5.15 Å². The molecule has 2 aromatic heterocycles. The molecule has 130 valence electrons. The van der Waals surface area contributed by atoms with Gasteiger partial charge in [-0.1, -0.05) is 41.9 Å². The molecule has 1 saturated heterocycles. The van der Waals surface area contributed by atoms with E-state index in [-0.39, 0.29) is 6.23 Å². The summed E-state index contributed by atoms with van der Waals surface area (Å²) >= 11 is 6.10. The van der Waals surface area contributed by atoms with Crippen molar-refractivity contribution in [3.8, 4) is 0 Å². The normalized spacial score (nSPS) is 17.9. The molecule has 0 aliphatic carbocycles. The van der Waals surface area contributed by atoms with Crippen molar-refractivity contribution in [3.05, 3.63) is 59.0 Å². The average Bonchev–Trinajstić information content (AvgIpc) is 3.01. The Morgan fingerprint density at radius 1 is 1.08 bits per heavy atom. The maximum absolute atomic E-state index is 6.10. The van der Waals surface area contributed by atoms with Crippen LogP contribution in [0.25, 0.3) is 11.2 Å². The van der Waals surface area contributed by atoms with E-state index in [0.717, 1.165) is 48.4 Å². The molecule has 1 aliphatic rings. The quantitative estimate of drug-likeness (QED) is 0.631. The Labute approximate surface area is 151 Å². The SMILES string of the molecule is Clc1ccc2nc(COCc3ccccc3)n(C3CCCCO3)c2n1. The van der Waals surface area contributed by atoms with Gasteiger partial charge in [0.2, 0.25) is 0 Å². The molecule has 0 bridgehead atoms. The number of benzene rings is 1. The van der Waals surface area contributed by atoms with Crippen LogP contribution in [-0.2, 0) is 22.7 Å². The summed E-state index contributed by atoms with van der Waals surface area (Å²) in [6.07, 6.45) is 3.12. The number of aromatic nitrogens is 3. The van der Waals surface area contributed by atoms with Crippen molar-refractivity contribution in [3.63, 3.8) is 0 Å². The van der Waals surface area contributed by atoms with Gasteiger partial charge < -0.3 is 9.47 Å². The minimum absolute atomic E-state index is 0.0555. The van der Waals surface area contributed by atoms with Crippen LogP contribution in [-0.4, -0.2) is 21.1 Å². The van der Waals surface area contributed by atoms with Crippen LogP contribution in [0, 0.1) is 0 Å². The minimum Gasteiger partial charge on any atom is -0.369 e. The van der Waals surface area contributed by atoms with Gasteiger partial charge in [0.15, 0.2) is 5.65 Å². The van der Waals surface area contributed by atoms with Crippen LogP contribution in [0.1, 0.15) is 36.9 Å². The van der Waals surface area contributed by atoms with Gasteiger partial charge in [0, 0.05) is 6.61 Å². The molecule has 0 saturated carbocycles. The number of nitrogens with zero attached hydrogens (tertiary/aromatic N) is 3. The molecule has 6 heteroatoms. The van der Waals surface area contributed by atoms with E-state index in [4.69, 9.17) is 26.1 Å². The van der Waals surface area contributed by atoms with E-state index in [1.165, 1.54) is 0 Å².